The van der Waals surface area contributed by atoms with Crippen LogP contribution in [-0.4, -0.2) is 19.3 Å². The minimum Gasteiger partial charge on any atom is -0.326 e. The third-order valence-electron chi connectivity index (χ3n) is 6.48. The summed E-state index contributed by atoms with van der Waals surface area (Å²) in [4.78, 5) is 17.1. The van der Waals surface area contributed by atoms with Gasteiger partial charge in [-0.3, -0.25) is 14.5 Å². The Hall–Kier alpha value is -3.04. The first-order chi connectivity index (χ1) is 15.7. The van der Waals surface area contributed by atoms with E-state index in [-0.39, 0.29) is 23.6 Å². The van der Waals surface area contributed by atoms with E-state index in [4.69, 9.17) is 5.14 Å². The second kappa shape index (κ2) is 9.44. The smallest absolute Gasteiger partial charge is 0.296 e. The molecule has 1 aromatic heterocycles. The van der Waals surface area contributed by atoms with E-state index in [0.29, 0.717) is 17.3 Å². The molecule has 1 heterocycles. The second-order valence-corrected chi connectivity index (χ2v) is 9.97. The van der Waals surface area contributed by atoms with E-state index in [0.717, 1.165) is 42.1 Å². The first-order valence-electron chi connectivity index (χ1n) is 11.0. The molecule has 4 N–H and O–H groups in total. The third kappa shape index (κ3) is 5.66. The first-order valence-corrected chi connectivity index (χ1v) is 12.5. The van der Waals surface area contributed by atoms with Gasteiger partial charge >= 0.3 is 0 Å². The van der Waals surface area contributed by atoms with Gasteiger partial charge < -0.3 is 5.32 Å². The number of carbonyl (C=O) groups excluding carboxylic acids is 1. The fourth-order valence-corrected chi connectivity index (χ4v) is 5.15. The third-order valence-corrected chi connectivity index (χ3v) is 7.00. The molecule has 0 bridgehead atoms. The van der Waals surface area contributed by atoms with Gasteiger partial charge in [-0.1, -0.05) is 6.92 Å². The van der Waals surface area contributed by atoms with Crippen LogP contribution in [0.4, 0.5) is 15.8 Å². The fourth-order valence-electron chi connectivity index (χ4n) is 4.68. The monoisotopic (exact) mass is 470 g/mol. The van der Waals surface area contributed by atoms with Crippen LogP contribution in [0.3, 0.4) is 0 Å². The first kappa shape index (κ1) is 23.1. The normalized spacial score (nSPS) is 19.7. The highest BCUT2D eigenvalue weighted by molar-refractivity contribution is 7.90. The number of nitrogens with two attached hydrogens (primary N) is 1. The minimum absolute atomic E-state index is 0.0676. The number of nitrogens with one attached hydrogen (secondary N) is 2. The molecule has 4 rings (SSSR count). The topological polar surface area (TPSA) is 114 Å². The van der Waals surface area contributed by atoms with Crippen LogP contribution >= 0.6 is 0 Å². The van der Waals surface area contributed by atoms with Crippen molar-refractivity contribution in [2.45, 2.75) is 38.5 Å². The van der Waals surface area contributed by atoms with Crippen molar-refractivity contribution in [3.63, 3.8) is 0 Å². The number of rotatable bonds is 6. The molecule has 0 saturated heterocycles. The SMILES string of the molecule is C[C@@H](C(=O)Nc1ccc(NS(N)(=O)=O)cc1)C1CCC(c2ccnc3ccc(F)cc23)CC1. The summed E-state index contributed by atoms with van der Waals surface area (Å²) >= 11 is 0. The van der Waals surface area contributed by atoms with Crippen LogP contribution in [0.2, 0.25) is 0 Å². The van der Waals surface area contributed by atoms with Crippen LogP contribution in [0.1, 0.15) is 44.1 Å². The number of aromatic nitrogens is 1. The summed E-state index contributed by atoms with van der Waals surface area (Å²) in [5, 5.41) is 8.73. The average Bonchev–Trinajstić information content (AvgIpc) is 2.78. The summed E-state index contributed by atoms with van der Waals surface area (Å²) in [6.07, 6.45) is 5.48. The standard InChI is InChI=1S/C24H27FN4O3S/c1-15(24(30)28-19-7-9-20(10-8-19)29-33(26,31)32)16-2-4-17(5-3-16)21-12-13-27-23-11-6-18(25)14-22(21)23/h6-17,29H,2-5H2,1H3,(H,28,30)(H2,26,31,32)/t15-,16?,17?/m1/s1. The highest BCUT2D eigenvalue weighted by atomic mass is 32.2. The quantitative estimate of drug-likeness (QED) is 0.491. The summed E-state index contributed by atoms with van der Waals surface area (Å²) in [7, 11) is -3.84. The number of hydrogen-bond acceptors (Lipinski definition) is 4. The van der Waals surface area contributed by atoms with Crippen molar-refractivity contribution in [3.8, 4) is 0 Å². The Morgan fingerprint density at radius 2 is 1.73 bits per heavy atom. The molecular weight excluding hydrogens is 443 g/mol. The Morgan fingerprint density at radius 3 is 2.39 bits per heavy atom. The fraction of sp³-hybridized carbons (Fsp3) is 0.333. The number of hydrogen-bond donors (Lipinski definition) is 3. The lowest BCUT2D eigenvalue weighted by Crippen LogP contribution is -2.29. The number of halogens is 1. The lowest BCUT2D eigenvalue weighted by molar-refractivity contribution is -0.121. The largest absolute Gasteiger partial charge is 0.326 e. The lowest BCUT2D eigenvalue weighted by atomic mass is 9.73. The van der Waals surface area contributed by atoms with Crippen molar-refractivity contribution in [1.29, 1.82) is 0 Å². The van der Waals surface area contributed by atoms with E-state index in [1.54, 1.807) is 30.5 Å². The van der Waals surface area contributed by atoms with Gasteiger partial charge in [-0.25, -0.2) is 9.53 Å². The van der Waals surface area contributed by atoms with Crippen LogP contribution in [0.25, 0.3) is 10.9 Å². The molecule has 1 saturated carbocycles. The molecule has 0 radical (unpaired) electrons. The lowest BCUT2D eigenvalue weighted by Gasteiger charge is -2.32. The van der Waals surface area contributed by atoms with E-state index in [1.165, 1.54) is 18.2 Å². The average molecular weight is 471 g/mol. The molecule has 0 spiro atoms. The Kier molecular flexibility index (Phi) is 6.62. The van der Waals surface area contributed by atoms with Gasteiger partial charge in [0.1, 0.15) is 5.82 Å². The highest BCUT2D eigenvalue weighted by Gasteiger charge is 2.30. The van der Waals surface area contributed by atoms with E-state index in [2.05, 4.69) is 15.0 Å². The molecule has 0 aliphatic heterocycles. The van der Waals surface area contributed by atoms with E-state index >= 15 is 0 Å². The van der Waals surface area contributed by atoms with E-state index < -0.39 is 10.2 Å². The zero-order valence-corrected chi connectivity index (χ0v) is 19.1. The molecule has 1 aliphatic carbocycles. The van der Waals surface area contributed by atoms with Crippen LogP contribution in [0, 0.1) is 17.7 Å². The Balaban J connectivity index is 1.36. The van der Waals surface area contributed by atoms with Crippen LogP contribution < -0.4 is 15.2 Å². The van der Waals surface area contributed by atoms with Crippen LogP contribution in [0.15, 0.2) is 54.7 Å². The van der Waals surface area contributed by atoms with Gasteiger partial charge in [-0.2, -0.15) is 8.42 Å². The Bertz CT molecular complexity index is 1260. The van der Waals surface area contributed by atoms with Crippen molar-refractivity contribution in [1.82, 2.24) is 4.98 Å². The molecule has 33 heavy (non-hydrogen) atoms. The van der Waals surface area contributed by atoms with Crippen molar-refractivity contribution in [2.24, 2.45) is 17.0 Å². The minimum atomic E-state index is -3.84. The summed E-state index contributed by atoms with van der Waals surface area (Å²) in [5.74, 6) is 0.0862. The maximum Gasteiger partial charge on any atom is 0.296 e. The van der Waals surface area contributed by atoms with Gasteiger partial charge in [0, 0.05) is 28.9 Å². The van der Waals surface area contributed by atoms with Crippen molar-refractivity contribution < 1.29 is 17.6 Å². The summed E-state index contributed by atoms with van der Waals surface area (Å²) in [6, 6.07) is 13.0. The van der Waals surface area contributed by atoms with Crippen LogP contribution in [-0.2, 0) is 15.0 Å². The maximum absolute atomic E-state index is 13.8. The number of anilines is 2. The van der Waals surface area contributed by atoms with Gasteiger partial charge in [-0.05, 0) is 91.6 Å². The second-order valence-electron chi connectivity index (χ2n) is 8.68. The molecular formula is C24H27FN4O3S. The van der Waals surface area contributed by atoms with Gasteiger partial charge in [0.25, 0.3) is 10.2 Å². The summed E-state index contributed by atoms with van der Waals surface area (Å²) < 4.78 is 38.2. The van der Waals surface area contributed by atoms with Crippen molar-refractivity contribution in [3.05, 3.63) is 66.1 Å². The molecule has 9 heteroatoms. The van der Waals surface area contributed by atoms with Gasteiger partial charge in [0.2, 0.25) is 5.91 Å². The highest BCUT2D eigenvalue weighted by Crippen LogP contribution is 2.41. The summed E-state index contributed by atoms with van der Waals surface area (Å²) in [6.45, 7) is 1.94. The Labute approximate surface area is 192 Å². The number of benzene rings is 2. The molecule has 174 valence electrons. The Morgan fingerprint density at radius 1 is 1.06 bits per heavy atom. The molecule has 0 unspecified atom stereocenters. The zero-order valence-electron chi connectivity index (χ0n) is 18.3. The molecule has 1 fully saturated rings. The predicted octanol–water partition coefficient (Wildman–Crippen LogP) is 4.54. The zero-order chi connectivity index (χ0) is 23.6. The van der Waals surface area contributed by atoms with Gasteiger partial charge in [0.15, 0.2) is 0 Å². The molecule has 7 nitrogen and oxygen atoms in total. The van der Waals surface area contributed by atoms with Crippen LogP contribution in [0.5, 0.6) is 0 Å². The molecule has 1 aliphatic rings. The van der Waals surface area contributed by atoms with E-state index in [9.17, 15) is 17.6 Å². The molecule has 3 aromatic rings. The number of carbonyl (C=O) groups is 1. The van der Waals surface area contributed by atoms with Gasteiger partial charge in [0.05, 0.1) is 5.52 Å². The number of fused-ring (bicyclic) bond motifs is 1. The molecule has 1 amide bonds. The number of pyridine rings is 1. The van der Waals surface area contributed by atoms with Crippen molar-refractivity contribution >= 4 is 38.4 Å². The molecule has 2 aromatic carbocycles. The van der Waals surface area contributed by atoms with Gasteiger partial charge in [-0.15, -0.1) is 0 Å². The molecule has 1 atom stereocenters. The van der Waals surface area contributed by atoms with E-state index in [1.807, 2.05) is 13.0 Å². The van der Waals surface area contributed by atoms with Crippen molar-refractivity contribution in [2.75, 3.05) is 10.0 Å². The number of nitrogens with zero attached hydrogens (tertiary/aromatic N) is 1. The maximum atomic E-state index is 13.8. The predicted molar refractivity (Wildman–Crippen MR) is 127 cm³/mol. The number of amides is 1. The summed E-state index contributed by atoms with van der Waals surface area (Å²) in [5.41, 5.74) is 2.84.